The number of benzene rings is 1. The van der Waals surface area contributed by atoms with Crippen LogP contribution in [-0.4, -0.2) is 29.0 Å². The highest BCUT2D eigenvalue weighted by atomic mass is 16.3. The number of azo groups is 1. The van der Waals surface area contributed by atoms with Gasteiger partial charge in [-0.3, -0.25) is 20.2 Å². The Labute approximate surface area is 101 Å². The van der Waals surface area contributed by atoms with E-state index in [-0.39, 0.29) is 11.4 Å². The molecule has 8 nitrogen and oxygen atoms in total. The maximum absolute atomic E-state index is 11.3. The van der Waals surface area contributed by atoms with Gasteiger partial charge in [0.1, 0.15) is 11.4 Å². The van der Waals surface area contributed by atoms with Crippen molar-refractivity contribution in [2.24, 2.45) is 10.2 Å². The maximum atomic E-state index is 11.3. The van der Waals surface area contributed by atoms with Crippen molar-refractivity contribution in [3.63, 3.8) is 0 Å². The Balaban J connectivity index is 2.19. The second-order valence-electron chi connectivity index (χ2n) is 3.41. The molecule has 1 fully saturated rings. The molecular formula is C10H8N4O4. The van der Waals surface area contributed by atoms with Crippen LogP contribution in [0.2, 0.25) is 0 Å². The zero-order valence-electron chi connectivity index (χ0n) is 8.95. The van der Waals surface area contributed by atoms with Gasteiger partial charge in [-0.1, -0.05) is 12.1 Å². The molecule has 1 aliphatic heterocycles. The van der Waals surface area contributed by atoms with Crippen LogP contribution in [0.25, 0.3) is 0 Å². The van der Waals surface area contributed by atoms with E-state index < -0.39 is 23.9 Å². The average molecular weight is 248 g/mol. The van der Waals surface area contributed by atoms with Crippen LogP contribution >= 0.6 is 0 Å². The second-order valence-corrected chi connectivity index (χ2v) is 3.41. The van der Waals surface area contributed by atoms with E-state index in [4.69, 9.17) is 0 Å². The lowest BCUT2D eigenvalue weighted by Crippen LogP contribution is -2.57. The van der Waals surface area contributed by atoms with Crippen LogP contribution < -0.4 is 10.6 Å². The van der Waals surface area contributed by atoms with Gasteiger partial charge in [0.15, 0.2) is 0 Å². The number of para-hydroxylation sites is 1. The van der Waals surface area contributed by atoms with Gasteiger partial charge in [0.25, 0.3) is 11.8 Å². The monoisotopic (exact) mass is 248 g/mol. The van der Waals surface area contributed by atoms with Crippen molar-refractivity contribution >= 4 is 23.5 Å². The number of rotatable bonds is 2. The summed E-state index contributed by atoms with van der Waals surface area (Å²) in [5.41, 5.74) is 0.120. The first-order valence-corrected chi connectivity index (χ1v) is 4.92. The molecular weight excluding hydrogens is 240 g/mol. The predicted octanol–water partition coefficient (Wildman–Crippen LogP) is 0.210. The standard InChI is InChI=1S/C10H8N4O4/c15-6-4-2-1-3-5(6)13-14-7-8(16)11-10(18)12-9(7)17/h1-4,7,15H,(H2,11,12,16,17,18). The molecule has 18 heavy (non-hydrogen) atoms. The Bertz CT molecular complexity index is 535. The van der Waals surface area contributed by atoms with Crippen molar-refractivity contribution in [3.05, 3.63) is 24.3 Å². The molecule has 8 heteroatoms. The van der Waals surface area contributed by atoms with Crippen molar-refractivity contribution in [1.82, 2.24) is 10.6 Å². The van der Waals surface area contributed by atoms with Crippen LogP contribution in [0, 0.1) is 0 Å². The fraction of sp³-hybridized carbons (Fsp3) is 0.100. The number of amides is 4. The van der Waals surface area contributed by atoms with E-state index in [1.54, 1.807) is 12.1 Å². The van der Waals surface area contributed by atoms with E-state index >= 15 is 0 Å². The van der Waals surface area contributed by atoms with Crippen molar-refractivity contribution in [3.8, 4) is 5.75 Å². The van der Waals surface area contributed by atoms with Gasteiger partial charge in [-0.2, -0.15) is 10.2 Å². The van der Waals surface area contributed by atoms with E-state index in [1.165, 1.54) is 12.1 Å². The molecule has 0 spiro atoms. The fourth-order valence-electron chi connectivity index (χ4n) is 1.28. The molecule has 92 valence electrons. The highest BCUT2D eigenvalue weighted by Crippen LogP contribution is 2.25. The normalized spacial score (nSPS) is 16.8. The van der Waals surface area contributed by atoms with Gasteiger partial charge in [0.05, 0.1) is 0 Å². The lowest BCUT2D eigenvalue weighted by atomic mass is 10.2. The molecule has 4 amide bonds. The van der Waals surface area contributed by atoms with Gasteiger partial charge in [0.2, 0.25) is 6.04 Å². The number of nitrogens with zero attached hydrogens (tertiary/aromatic N) is 2. The fourth-order valence-corrected chi connectivity index (χ4v) is 1.28. The zero-order chi connectivity index (χ0) is 13.1. The van der Waals surface area contributed by atoms with Gasteiger partial charge in [0, 0.05) is 0 Å². The minimum atomic E-state index is -1.44. The molecule has 1 aliphatic rings. The first kappa shape index (κ1) is 11.7. The molecule has 0 unspecified atom stereocenters. The van der Waals surface area contributed by atoms with Gasteiger partial charge in [-0.05, 0) is 12.1 Å². The van der Waals surface area contributed by atoms with Gasteiger partial charge >= 0.3 is 6.03 Å². The van der Waals surface area contributed by atoms with Crippen LogP contribution in [0.15, 0.2) is 34.5 Å². The number of carbonyl (C=O) groups is 3. The van der Waals surface area contributed by atoms with Crippen molar-refractivity contribution < 1.29 is 19.5 Å². The van der Waals surface area contributed by atoms with Crippen LogP contribution in [0.5, 0.6) is 5.75 Å². The van der Waals surface area contributed by atoms with E-state index in [0.29, 0.717) is 0 Å². The van der Waals surface area contributed by atoms with Crippen LogP contribution in [0.3, 0.4) is 0 Å². The lowest BCUT2D eigenvalue weighted by Gasteiger charge is -2.16. The first-order chi connectivity index (χ1) is 8.58. The summed E-state index contributed by atoms with van der Waals surface area (Å²) >= 11 is 0. The zero-order valence-corrected chi connectivity index (χ0v) is 8.95. The number of phenols is 1. The van der Waals surface area contributed by atoms with Crippen LogP contribution in [0.4, 0.5) is 10.5 Å². The molecule has 0 radical (unpaired) electrons. The summed E-state index contributed by atoms with van der Waals surface area (Å²) in [6, 6.07) is 3.72. The number of urea groups is 1. The third kappa shape index (κ3) is 2.32. The Morgan fingerprint density at radius 3 is 2.28 bits per heavy atom. The molecule has 1 aromatic rings. The van der Waals surface area contributed by atoms with Gasteiger partial charge < -0.3 is 5.11 Å². The van der Waals surface area contributed by atoms with Crippen molar-refractivity contribution in [1.29, 1.82) is 0 Å². The summed E-state index contributed by atoms with van der Waals surface area (Å²) in [5, 5.41) is 20.3. The minimum Gasteiger partial charge on any atom is -0.506 e. The number of hydrogen-bond acceptors (Lipinski definition) is 6. The molecule has 1 heterocycles. The highest BCUT2D eigenvalue weighted by Gasteiger charge is 2.34. The molecule has 0 aliphatic carbocycles. The Morgan fingerprint density at radius 2 is 1.67 bits per heavy atom. The molecule has 2 rings (SSSR count). The molecule has 0 bridgehead atoms. The van der Waals surface area contributed by atoms with Crippen LogP contribution in [0.1, 0.15) is 0 Å². The number of hydrogen-bond donors (Lipinski definition) is 3. The van der Waals surface area contributed by atoms with Crippen LogP contribution in [-0.2, 0) is 9.59 Å². The summed E-state index contributed by atoms with van der Waals surface area (Å²) in [4.78, 5) is 33.4. The molecule has 0 saturated carbocycles. The smallest absolute Gasteiger partial charge is 0.328 e. The number of imide groups is 2. The molecule has 3 N–H and O–H groups in total. The minimum absolute atomic E-state index is 0.120. The van der Waals surface area contributed by atoms with Crippen molar-refractivity contribution in [2.45, 2.75) is 6.04 Å². The number of carbonyl (C=O) groups excluding carboxylic acids is 3. The third-order valence-electron chi connectivity index (χ3n) is 2.13. The van der Waals surface area contributed by atoms with E-state index in [1.807, 2.05) is 10.6 Å². The summed E-state index contributed by atoms with van der Waals surface area (Å²) in [6.45, 7) is 0. The number of aromatic hydroxyl groups is 1. The average Bonchev–Trinajstić information content (AvgIpc) is 2.30. The number of nitrogens with one attached hydrogen (secondary N) is 2. The summed E-state index contributed by atoms with van der Waals surface area (Å²) in [6.07, 6.45) is 0. The Kier molecular flexibility index (Phi) is 3.00. The molecule has 1 aromatic carbocycles. The van der Waals surface area contributed by atoms with Gasteiger partial charge in [-0.25, -0.2) is 4.79 Å². The maximum Gasteiger partial charge on any atom is 0.328 e. The quantitative estimate of drug-likeness (QED) is 0.511. The highest BCUT2D eigenvalue weighted by molar-refractivity contribution is 6.18. The summed E-state index contributed by atoms with van der Waals surface area (Å²) < 4.78 is 0. The summed E-state index contributed by atoms with van der Waals surface area (Å²) in [7, 11) is 0. The second kappa shape index (κ2) is 4.62. The first-order valence-electron chi connectivity index (χ1n) is 4.92. The van der Waals surface area contributed by atoms with Crippen molar-refractivity contribution in [2.75, 3.05) is 0 Å². The molecule has 0 atom stereocenters. The van der Waals surface area contributed by atoms with E-state index in [0.717, 1.165) is 0 Å². The summed E-state index contributed by atoms with van der Waals surface area (Å²) in [5.74, 6) is -1.85. The van der Waals surface area contributed by atoms with E-state index in [9.17, 15) is 19.5 Å². The molecule has 1 saturated heterocycles. The third-order valence-corrected chi connectivity index (χ3v) is 2.13. The predicted molar refractivity (Wildman–Crippen MR) is 58.1 cm³/mol. The number of phenolic OH excluding ortho intramolecular Hbond substituents is 1. The Hall–Kier alpha value is -2.77. The number of barbiturate groups is 1. The van der Waals surface area contributed by atoms with Gasteiger partial charge in [-0.15, -0.1) is 0 Å². The van der Waals surface area contributed by atoms with E-state index in [2.05, 4.69) is 10.2 Å². The largest absolute Gasteiger partial charge is 0.506 e. The SMILES string of the molecule is O=C1NC(=O)C(N=Nc2ccccc2O)C(=O)N1. The molecule has 0 aromatic heterocycles. The lowest BCUT2D eigenvalue weighted by molar-refractivity contribution is -0.131. The topological polar surface area (TPSA) is 120 Å². The Morgan fingerprint density at radius 1 is 1.06 bits per heavy atom.